The Labute approximate surface area is 427 Å². The maximum absolute atomic E-state index is 14.4. The number of anilines is 1. The lowest BCUT2D eigenvalue weighted by molar-refractivity contribution is -0.142. The molecule has 7 heterocycles. The number of H-pyrrole nitrogens is 1. The number of β-amino-alcohol motifs (C(OH)–C–C–N with tert-alkyl or cyclic N) is 1. The minimum atomic E-state index is -0.935. The fraction of sp³-hybridized carbons (Fsp3) is 0.509. The molecular formula is C55H69N11O7. The van der Waals surface area contributed by atoms with Gasteiger partial charge in [0.15, 0.2) is 5.65 Å². The van der Waals surface area contributed by atoms with Gasteiger partial charge in [0.2, 0.25) is 17.8 Å². The van der Waals surface area contributed by atoms with Gasteiger partial charge in [-0.1, -0.05) is 44.9 Å². The Hall–Kier alpha value is -6.81. The maximum atomic E-state index is 14.4. The van der Waals surface area contributed by atoms with Crippen molar-refractivity contribution in [2.75, 3.05) is 64.5 Å². The van der Waals surface area contributed by atoms with Crippen molar-refractivity contribution in [2.45, 2.75) is 115 Å². The van der Waals surface area contributed by atoms with E-state index in [0.29, 0.717) is 73.2 Å². The van der Waals surface area contributed by atoms with Gasteiger partial charge in [-0.25, -0.2) is 14.8 Å². The molecule has 0 unspecified atom stereocenters. The molecule has 5 aromatic rings. The van der Waals surface area contributed by atoms with Gasteiger partial charge in [-0.3, -0.25) is 9.59 Å². The quantitative estimate of drug-likeness (QED) is 0.0670. The van der Waals surface area contributed by atoms with E-state index in [1.54, 1.807) is 36.3 Å². The first-order valence-electron chi connectivity index (χ1n) is 25.7. The van der Waals surface area contributed by atoms with Crippen molar-refractivity contribution < 1.29 is 34.1 Å². The lowest BCUT2D eigenvalue weighted by Gasteiger charge is -2.42. The Balaban J connectivity index is 0.756. The molecule has 0 saturated carbocycles. The number of rotatable bonds is 14. The number of aliphatic hydroxyl groups is 1. The molecule has 73 heavy (non-hydrogen) atoms. The first-order chi connectivity index (χ1) is 35.2. The van der Waals surface area contributed by atoms with Crippen LogP contribution in [0.25, 0.3) is 22.3 Å². The number of hydrogen-bond acceptors (Lipinski definition) is 13. The highest BCUT2D eigenvalue weighted by molar-refractivity contribution is 5.93. The van der Waals surface area contributed by atoms with Crippen LogP contribution in [0.2, 0.25) is 0 Å². The Bertz CT molecular complexity index is 2810. The molecular weight excluding hydrogens is 927 g/mol. The van der Waals surface area contributed by atoms with E-state index in [0.717, 1.165) is 85.2 Å². The Kier molecular flexibility index (Phi) is 15.5. The van der Waals surface area contributed by atoms with Crippen LogP contribution in [-0.2, 0) is 27.3 Å². The number of benzene rings is 2. The number of carbonyl (C=O) groups excluding carboxylic acids is 3. The van der Waals surface area contributed by atoms with Crippen molar-refractivity contribution in [1.82, 2.24) is 50.5 Å². The summed E-state index contributed by atoms with van der Waals surface area (Å²) in [5, 5.41) is 37.1. The smallest absolute Gasteiger partial charge is 0.318 e. The van der Waals surface area contributed by atoms with Crippen LogP contribution in [-0.4, -0.2) is 152 Å². The number of phenolic OH excluding ortho intramolecular Hbond substituents is 1. The number of hydrogen-bond donors (Lipinski definition) is 5. The van der Waals surface area contributed by atoms with Crippen LogP contribution in [0.4, 0.5) is 10.7 Å². The van der Waals surface area contributed by atoms with Gasteiger partial charge in [-0.05, 0) is 92.9 Å². The zero-order valence-electron chi connectivity index (χ0n) is 42.6. The van der Waals surface area contributed by atoms with Crippen molar-refractivity contribution in [1.29, 1.82) is 0 Å². The number of aliphatic hydroxyl groups excluding tert-OH is 1. The minimum absolute atomic E-state index is 0.00521. The van der Waals surface area contributed by atoms with E-state index in [2.05, 4.69) is 48.5 Å². The highest BCUT2D eigenvalue weighted by Gasteiger charge is 2.45. The first-order valence-corrected chi connectivity index (χ1v) is 25.7. The van der Waals surface area contributed by atoms with E-state index >= 15 is 0 Å². The van der Waals surface area contributed by atoms with Crippen molar-refractivity contribution in [2.24, 2.45) is 5.41 Å². The average molecular weight is 996 g/mol. The number of amides is 4. The second-order valence-electron chi connectivity index (χ2n) is 21.0. The van der Waals surface area contributed by atoms with E-state index in [4.69, 9.17) is 25.9 Å². The fourth-order valence-corrected chi connectivity index (χ4v) is 11.1. The number of carbonyl (C=O) groups is 3. The number of likely N-dealkylation sites (tertiary alicyclic amines) is 3. The lowest BCUT2D eigenvalue weighted by atomic mass is 9.85. The molecule has 0 radical (unpaired) electrons. The number of para-hydroxylation sites is 1. The first kappa shape index (κ1) is 51.1. The van der Waals surface area contributed by atoms with Gasteiger partial charge in [0.25, 0.3) is 0 Å². The molecule has 9 rings (SSSR count). The van der Waals surface area contributed by atoms with E-state index < -0.39 is 35.4 Å². The summed E-state index contributed by atoms with van der Waals surface area (Å²) in [6.07, 6.45) is 13.9. The molecule has 0 spiro atoms. The molecule has 18 nitrogen and oxygen atoms in total. The molecule has 0 aliphatic carbocycles. The van der Waals surface area contributed by atoms with Crippen molar-refractivity contribution in [3.05, 3.63) is 88.9 Å². The zero-order chi connectivity index (χ0) is 51.4. The number of aromatic hydroxyl groups is 1. The third-order valence-electron chi connectivity index (χ3n) is 15.2. The monoisotopic (exact) mass is 996 g/mol. The summed E-state index contributed by atoms with van der Waals surface area (Å²) in [5.74, 6) is 3.58. The Morgan fingerprint density at radius 3 is 2.44 bits per heavy atom. The number of nitrogens with one attached hydrogen (secondary N) is 3. The average Bonchev–Trinajstić information content (AvgIpc) is 3.99. The molecule has 3 fully saturated rings. The Morgan fingerprint density at radius 2 is 1.73 bits per heavy atom. The largest absolute Gasteiger partial charge is 0.507 e. The van der Waals surface area contributed by atoms with Crippen LogP contribution >= 0.6 is 0 Å². The highest BCUT2D eigenvalue weighted by Crippen LogP contribution is 2.39. The van der Waals surface area contributed by atoms with Gasteiger partial charge in [0, 0.05) is 117 Å². The van der Waals surface area contributed by atoms with Gasteiger partial charge in [0.1, 0.15) is 23.6 Å². The van der Waals surface area contributed by atoms with Crippen LogP contribution in [0.5, 0.6) is 11.5 Å². The van der Waals surface area contributed by atoms with Gasteiger partial charge in [0.05, 0.1) is 24.4 Å². The van der Waals surface area contributed by atoms with Crippen LogP contribution in [0.15, 0.2) is 60.9 Å². The minimum Gasteiger partial charge on any atom is -0.507 e. The summed E-state index contributed by atoms with van der Waals surface area (Å²) in [5.41, 5.74) is 6.10. The number of phenols is 1. The van der Waals surface area contributed by atoms with Crippen LogP contribution in [0.3, 0.4) is 0 Å². The van der Waals surface area contributed by atoms with Gasteiger partial charge in [-0.2, -0.15) is 0 Å². The summed E-state index contributed by atoms with van der Waals surface area (Å²) in [4.78, 5) is 63.4. The molecule has 4 amide bonds. The molecule has 2 aromatic carbocycles. The lowest BCUT2D eigenvalue weighted by Crippen LogP contribution is -2.60. The fourth-order valence-electron chi connectivity index (χ4n) is 11.1. The third-order valence-corrected chi connectivity index (χ3v) is 15.2. The molecule has 0 bridgehead atoms. The number of ether oxygens (including phenoxy) is 2. The number of terminal acetylenes is 1. The molecule has 3 aromatic heterocycles. The van der Waals surface area contributed by atoms with Gasteiger partial charge < -0.3 is 54.9 Å². The van der Waals surface area contributed by atoms with E-state index in [9.17, 15) is 24.6 Å². The topological polar surface area (TPSA) is 214 Å². The van der Waals surface area contributed by atoms with Gasteiger partial charge in [-0.15, -0.1) is 16.6 Å². The van der Waals surface area contributed by atoms with E-state index in [1.165, 1.54) is 4.90 Å². The number of aromatic nitrogens is 5. The number of methoxy groups -OCH3 is 1. The summed E-state index contributed by atoms with van der Waals surface area (Å²) >= 11 is 0. The third kappa shape index (κ3) is 11.2. The molecule has 4 aliphatic rings. The molecule has 386 valence electrons. The Morgan fingerprint density at radius 1 is 0.973 bits per heavy atom. The standard InChI is InChI=1S/C55H69N11O7/c1-7-35-13-14-37(47(27-35)73-26-10-25-72-6)30-56-51(69)45-28-40(67)33-66(45)52(70)49(55(3,4)5)60-54(71)64-22-17-39(18-23-64)63-20-15-36(16-21-63)38-31-57-53(58-32-38)65-24-19-43-48(34(65)2)42-29-44(61-62-50(42)59-43)41-11-8-9-12-46(41)68/h1,8-9,11-14,27,29,31-32,34,36,39-40,45,49,67-68H,10,15-26,28,30,33H2,2-6H3,(H,56,69)(H,59,62)(H,60,71)/t34-,40-,45+,49-/m1/s1. The normalized spacial score (nSPS) is 20.4. The second kappa shape index (κ2) is 22.1. The highest BCUT2D eigenvalue weighted by atomic mass is 16.5. The molecule has 4 aliphatic heterocycles. The van der Waals surface area contributed by atoms with Crippen LogP contribution in [0.1, 0.15) is 106 Å². The number of aromatic amines is 1. The summed E-state index contributed by atoms with van der Waals surface area (Å²) in [6, 6.07) is 12.7. The summed E-state index contributed by atoms with van der Waals surface area (Å²) < 4.78 is 11.1. The summed E-state index contributed by atoms with van der Waals surface area (Å²) in [6.45, 7) is 12.7. The van der Waals surface area contributed by atoms with E-state index in [1.807, 2.05) is 57.4 Å². The van der Waals surface area contributed by atoms with Crippen molar-refractivity contribution >= 4 is 34.8 Å². The van der Waals surface area contributed by atoms with Crippen LogP contribution < -0.4 is 20.3 Å². The van der Waals surface area contributed by atoms with E-state index in [-0.39, 0.29) is 37.3 Å². The van der Waals surface area contributed by atoms with Crippen molar-refractivity contribution in [3.8, 4) is 35.1 Å². The predicted octanol–water partition coefficient (Wildman–Crippen LogP) is 5.69. The molecule has 5 N–H and O–H groups in total. The predicted molar refractivity (Wildman–Crippen MR) is 277 cm³/mol. The molecule has 18 heteroatoms. The number of urea groups is 1. The van der Waals surface area contributed by atoms with Crippen molar-refractivity contribution in [3.63, 3.8) is 0 Å². The second-order valence-corrected chi connectivity index (χ2v) is 21.0. The zero-order valence-corrected chi connectivity index (χ0v) is 42.6. The number of piperidine rings is 2. The van der Waals surface area contributed by atoms with Gasteiger partial charge >= 0.3 is 6.03 Å². The number of nitrogens with zero attached hydrogens (tertiary/aromatic N) is 8. The number of fused-ring (bicyclic) bond motifs is 3. The van der Waals surface area contributed by atoms with Crippen LogP contribution in [0, 0.1) is 17.8 Å². The molecule has 4 atom stereocenters. The molecule has 3 saturated heterocycles. The maximum Gasteiger partial charge on any atom is 0.318 e. The SMILES string of the molecule is C#Cc1ccc(CNC(=O)[C@@H]2C[C@@H](O)CN2C(=O)[C@@H](NC(=O)N2CCC(N3CCC(c4cnc(N5CCc6[nH]c7nnc(-c8ccccc8O)cc7c6[C@H]5C)nc4)CC3)CC2)C(C)(C)C)c(OCCCOC)c1. The summed E-state index contributed by atoms with van der Waals surface area (Å²) in [7, 11) is 1.63.